The summed E-state index contributed by atoms with van der Waals surface area (Å²) in [5.74, 6) is 2.03. The standard InChI is InChI=1S/C17H24N6O2/c1-22(2)9-15-20-21-16(23(15)3)12-7-13(8-12)19-17(25)14-6-11(10-24)4-5-18-14/h4-6,12-13,24H,7-10H2,1-3H3,(H,19,25). The van der Waals surface area contributed by atoms with Crippen LogP contribution in [-0.4, -0.2) is 55.8 Å². The second-order valence-corrected chi connectivity index (χ2v) is 6.82. The van der Waals surface area contributed by atoms with Gasteiger partial charge in [0.05, 0.1) is 13.2 Å². The molecule has 0 unspecified atom stereocenters. The zero-order valence-electron chi connectivity index (χ0n) is 14.8. The normalized spacial score (nSPS) is 19.7. The lowest BCUT2D eigenvalue weighted by molar-refractivity contribution is 0.0901. The Balaban J connectivity index is 1.56. The zero-order chi connectivity index (χ0) is 18.0. The number of carbonyl (C=O) groups excluding carboxylic acids is 1. The molecule has 1 fully saturated rings. The van der Waals surface area contributed by atoms with Gasteiger partial charge in [0.15, 0.2) is 0 Å². The Bertz CT molecular complexity index is 751. The average Bonchev–Trinajstić information content (AvgIpc) is 2.90. The van der Waals surface area contributed by atoms with Gasteiger partial charge in [-0.15, -0.1) is 10.2 Å². The van der Waals surface area contributed by atoms with Gasteiger partial charge in [-0.3, -0.25) is 9.78 Å². The van der Waals surface area contributed by atoms with E-state index in [1.165, 1.54) is 6.20 Å². The number of aliphatic hydroxyl groups excluding tert-OH is 1. The molecule has 1 aliphatic rings. The van der Waals surface area contributed by atoms with E-state index in [9.17, 15) is 4.79 Å². The van der Waals surface area contributed by atoms with Crippen LogP contribution in [0.2, 0.25) is 0 Å². The maximum atomic E-state index is 12.3. The van der Waals surface area contributed by atoms with E-state index in [4.69, 9.17) is 5.11 Å². The van der Waals surface area contributed by atoms with E-state index in [1.807, 2.05) is 21.1 Å². The third-order valence-corrected chi connectivity index (χ3v) is 4.53. The average molecular weight is 344 g/mol. The van der Waals surface area contributed by atoms with Crippen LogP contribution in [0.4, 0.5) is 0 Å². The molecule has 1 amide bonds. The molecule has 2 heterocycles. The lowest BCUT2D eigenvalue weighted by Crippen LogP contribution is -2.44. The van der Waals surface area contributed by atoms with Gasteiger partial charge < -0.3 is 19.9 Å². The van der Waals surface area contributed by atoms with Crippen molar-refractivity contribution in [2.24, 2.45) is 7.05 Å². The minimum absolute atomic E-state index is 0.101. The van der Waals surface area contributed by atoms with Crippen LogP contribution in [0, 0.1) is 0 Å². The quantitative estimate of drug-likeness (QED) is 0.789. The molecule has 2 aromatic rings. The van der Waals surface area contributed by atoms with E-state index in [-0.39, 0.29) is 18.6 Å². The summed E-state index contributed by atoms with van der Waals surface area (Å²) < 4.78 is 2.05. The fraction of sp³-hybridized carbons (Fsp3) is 0.529. The molecule has 1 saturated carbocycles. The van der Waals surface area contributed by atoms with Crippen molar-refractivity contribution < 1.29 is 9.90 Å². The first-order valence-electron chi connectivity index (χ1n) is 8.37. The number of rotatable bonds is 6. The minimum atomic E-state index is -0.204. The maximum Gasteiger partial charge on any atom is 0.270 e. The molecule has 0 saturated heterocycles. The van der Waals surface area contributed by atoms with Gasteiger partial charge in [-0.25, -0.2) is 0 Å². The second-order valence-electron chi connectivity index (χ2n) is 6.82. The number of nitrogens with zero attached hydrogens (tertiary/aromatic N) is 5. The topological polar surface area (TPSA) is 96.2 Å². The van der Waals surface area contributed by atoms with Gasteiger partial charge in [-0.05, 0) is 44.6 Å². The second kappa shape index (κ2) is 7.28. The Hall–Kier alpha value is -2.32. The van der Waals surface area contributed by atoms with E-state index in [2.05, 4.69) is 30.0 Å². The molecule has 0 spiro atoms. The Morgan fingerprint density at radius 2 is 2.16 bits per heavy atom. The number of pyridine rings is 1. The summed E-state index contributed by atoms with van der Waals surface area (Å²) in [4.78, 5) is 18.4. The van der Waals surface area contributed by atoms with Crippen molar-refractivity contribution >= 4 is 5.91 Å². The van der Waals surface area contributed by atoms with E-state index >= 15 is 0 Å². The maximum absolute atomic E-state index is 12.3. The number of aliphatic hydroxyl groups is 1. The highest BCUT2D eigenvalue weighted by molar-refractivity contribution is 5.92. The lowest BCUT2D eigenvalue weighted by Gasteiger charge is -2.35. The van der Waals surface area contributed by atoms with Gasteiger partial charge in [0.2, 0.25) is 0 Å². The molecule has 8 nitrogen and oxygen atoms in total. The van der Waals surface area contributed by atoms with Crippen LogP contribution < -0.4 is 5.32 Å². The van der Waals surface area contributed by atoms with Crippen molar-refractivity contribution in [1.29, 1.82) is 0 Å². The SMILES string of the molecule is CN(C)Cc1nnc(C2CC(NC(=O)c3cc(CO)ccn3)C2)n1C. The Morgan fingerprint density at radius 3 is 2.84 bits per heavy atom. The smallest absolute Gasteiger partial charge is 0.270 e. The summed E-state index contributed by atoms with van der Waals surface area (Å²) in [5, 5.41) is 20.7. The molecule has 0 radical (unpaired) electrons. The lowest BCUT2D eigenvalue weighted by atomic mass is 9.79. The van der Waals surface area contributed by atoms with Crippen molar-refractivity contribution in [1.82, 2.24) is 30.0 Å². The first-order chi connectivity index (χ1) is 12.0. The van der Waals surface area contributed by atoms with E-state index in [0.717, 1.165) is 31.0 Å². The van der Waals surface area contributed by atoms with E-state index in [0.29, 0.717) is 17.2 Å². The molecule has 0 atom stereocenters. The molecule has 0 aliphatic heterocycles. The number of aromatic nitrogens is 4. The largest absolute Gasteiger partial charge is 0.392 e. The Kier molecular flexibility index (Phi) is 5.10. The highest BCUT2D eigenvalue weighted by Crippen LogP contribution is 2.36. The highest BCUT2D eigenvalue weighted by atomic mass is 16.3. The van der Waals surface area contributed by atoms with Crippen molar-refractivity contribution in [2.75, 3.05) is 14.1 Å². The van der Waals surface area contributed by atoms with Crippen LogP contribution >= 0.6 is 0 Å². The summed E-state index contributed by atoms with van der Waals surface area (Å²) in [6.45, 7) is 0.652. The molecular formula is C17H24N6O2. The number of nitrogens with one attached hydrogen (secondary N) is 1. The number of carbonyl (C=O) groups is 1. The molecule has 2 aromatic heterocycles. The monoisotopic (exact) mass is 344 g/mol. The van der Waals surface area contributed by atoms with Crippen molar-refractivity contribution in [3.05, 3.63) is 41.2 Å². The van der Waals surface area contributed by atoms with Crippen molar-refractivity contribution in [3.63, 3.8) is 0 Å². The number of hydrogen-bond acceptors (Lipinski definition) is 6. The van der Waals surface area contributed by atoms with Crippen LogP contribution in [0.5, 0.6) is 0 Å². The molecular weight excluding hydrogens is 320 g/mol. The van der Waals surface area contributed by atoms with Gasteiger partial charge >= 0.3 is 0 Å². The molecule has 134 valence electrons. The fourth-order valence-electron chi connectivity index (χ4n) is 3.05. The highest BCUT2D eigenvalue weighted by Gasteiger charge is 2.35. The molecule has 8 heteroatoms. The van der Waals surface area contributed by atoms with Gasteiger partial charge in [0, 0.05) is 25.2 Å². The molecule has 0 aromatic carbocycles. The van der Waals surface area contributed by atoms with Crippen LogP contribution in [-0.2, 0) is 20.2 Å². The summed E-state index contributed by atoms with van der Waals surface area (Å²) in [5.41, 5.74) is 1.01. The van der Waals surface area contributed by atoms with Crippen molar-refractivity contribution in [3.8, 4) is 0 Å². The zero-order valence-corrected chi connectivity index (χ0v) is 14.8. The van der Waals surface area contributed by atoms with E-state index in [1.54, 1.807) is 12.1 Å². The minimum Gasteiger partial charge on any atom is -0.392 e. The van der Waals surface area contributed by atoms with Gasteiger partial charge in [-0.1, -0.05) is 0 Å². The van der Waals surface area contributed by atoms with Gasteiger partial charge in [0.1, 0.15) is 17.3 Å². The Labute approximate surface area is 146 Å². The molecule has 2 N–H and O–H groups in total. The third kappa shape index (κ3) is 3.85. The first-order valence-corrected chi connectivity index (χ1v) is 8.37. The Morgan fingerprint density at radius 1 is 1.40 bits per heavy atom. The predicted octanol–water partition coefficient (Wildman–Crippen LogP) is 0.440. The van der Waals surface area contributed by atoms with Crippen LogP contribution in [0.25, 0.3) is 0 Å². The number of amides is 1. The molecule has 25 heavy (non-hydrogen) atoms. The first kappa shape index (κ1) is 17.5. The van der Waals surface area contributed by atoms with Crippen molar-refractivity contribution in [2.45, 2.75) is 38.0 Å². The van der Waals surface area contributed by atoms with E-state index < -0.39 is 0 Å². The summed E-state index contributed by atoms with van der Waals surface area (Å²) in [6, 6.07) is 3.42. The third-order valence-electron chi connectivity index (χ3n) is 4.53. The van der Waals surface area contributed by atoms with Crippen LogP contribution in [0.15, 0.2) is 18.3 Å². The number of hydrogen-bond donors (Lipinski definition) is 2. The summed E-state index contributed by atoms with van der Waals surface area (Å²) >= 11 is 0. The predicted molar refractivity (Wildman–Crippen MR) is 91.8 cm³/mol. The van der Waals surface area contributed by atoms with Gasteiger partial charge in [-0.2, -0.15) is 0 Å². The van der Waals surface area contributed by atoms with Crippen LogP contribution in [0.3, 0.4) is 0 Å². The fourth-order valence-corrected chi connectivity index (χ4v) is 3.05. The molecule has 1 aliphatic carbocycles. The summed E-state index contributed by atoms with van der Waals surface area (Å²) in [6.07, 6.45) is 3.23. The molecule has 0 bridgehead atoms. The van der Waals surface area contributed by atoms with Gasteiger partial charge in [0.25, 0.3) is 5.91 Å². The summed E-state index contributed by atoms with van der Waals surface area (Å²) in [7, 11) is 6.00. The van der Waals surface area contributed by atoms with Crippen LogP contribution in [0.1, 0.15) is 46.5 Å². The molecule has 3 rings (SSSR count).